The summed E-state index contributed by atoms with van der Waals surface area (Å²) in [6.45, 7) is 7.42. The van der Waals surface area contributed by atoms with Crippen molar-refractivity contribution in [3.63, 3.8) is 0 Å². The molecule has 0 amide bonds. The summed E-state index contributed by atoms with van der Waals surface area (Å²) < 4.78 is 17.7. The Balaban J connectivity index is -0.0000000873. The molecule has 0 radical (unpaired) electrons. The summed E-state index contributed by atoms with van der Waals surface area (Å²) in [5, 5.41) is 38.1. The Morgan fingerprint density at radius 1 is 0.483 bits per heavy atom. The van der Waals surface area contributed by atoms with Crippen LogP contribution in [0.4, 0.5) is 0 Å². The summed E-state index contributed by atoms with van der Waals surface area (Å²) in [5.41, 5.74) is 0. The third-order valence-corrected chi connectivity index (χ3v) is 1.70. The number of hydrogen-bond donors (Lipinski definition) is 0. The van der Waals surface area contributed by atoms with Crippen molar-refractivity contribution in [3.05, 3.63) is 0 Å². The Bertz CT molecular complexity index is 318. The summed E-state index contributed by atoms with van der Waals surface area (Å²) in [7, 11) is 0. The topological polar surface area (TPSA) is 197 Å². The van der Waals surface area contributed by atoms with Crippen LogP contribution in [0.3, 0.4) is 0 Å². The van der Waals surface area contributed by atoms with Gasteiger partial charge >= 0.3 is 27.3 Å². The number of carbonyl (C=O) groups is 4. The van der Waals surface area contributed by atoms with Crippen LogP contribution < -0.4 is 20.4 Å². The number of rotatable bonds is 12. The Kier molecular flexibility index (Phi) is 45.1. The van der Waals surface area contributed by atoms with Gasteiger partial charge in [0.1, 0.15) is 0 Å². The molecular formula is C16H28O12Pb. The van der Waals surface area contributed by atoms with Crippen LogP contribution in [-0.4, -0.2) is 104 Å². The average Bonchev–Trinajstić information content (AvgIpc) is 2.62. The van der Waals surface area contributed by atoms with E-state index >= 15 is 0 Å². The number of carbonyl (C=O) groups excluding carboxylic acids is 4. The first-order chi connectivity index (χ1) is 13.1. The molecule has 0 saturated heterocycles. The van der Waals surface area contributed by atoms with E-state index in [4.69, 9.17) is 0 Å². The van der Waals surface area contributed by atoms with Gasteiger partial charge in [-0.15, -0.1) is 0 Å². The Morgan fingerprint density at radius 3 is 0.655 bits per heavy atom. The van der Waals surface area contributed by atoms with Gasteiger partial charge in [0, 0.05) is 26.4 Å². The zero-order valence-corrected chi connectivity index (χ0v) is 20.9. The molecule has 0 fully saturated rings. The van der Waals surface area contributed by atoms with Gasteiger partial charge in [-0.3, -0.25) is 0 Å². The van der Waals surface area contributed by atoms with E-state index < -0.39 is 23.9 Å². The second-order valence-corrected chi connectivity index (χ2v) is 4.04. The van der Waals surface area contributed by atoms with E-state index in [1.807, 2.05) is 0 Å². The zero-order valence-electron chi connectivity index (χ0n) is 17.1. The zero-order chi connectivity index (χ0) is 22.8. The Labute approximate surface area is 190 Å². The van der Waals surface area contributed by atoms with Crippen molar-refractivity contribution < 1.29 is 58.6 Å². The molecule has 12 nitrogen and oxygen atoms in total. The fourth-order valence-corrected chi connectivity index (χ4v) is 0.742. The predicted molar refractivity (Wildman–Crippen MR) is 91.8 cm³/mol. The molecule has 0 saturated carbocycles. The van der Waals surface area contributed by atoms with E-state index in [2.05, 4.69) is 18.9 Å². The van der Waals surface area contributed by atoms with Crippen LogP contribution >= 0.6 is 0 Å². The molecule has 29 heavy (non-hydrogen) atoms. The second-order valence-electron chi connectivity index (χ2n) is 4.04. The minimum absolute atomic E-state index is 0. The van der Waals surface area contributed by atoms with Gasteiger partial charge in [-0.05, 0) is 27.7 Å². The Hall–Kier alpha value is -1.36. The average molecular weight is 620 g/mol. The molecule has 13 heteroatoms. The van der Waals surface area contributed by atoms with Crippen molar-refractivity contribution in [2.24, 2.45) is 0 Å². The first-order valence-electron chi connectivity index (χ1n) is 8.19. The van der Waals surface area contributed by atoms with E-state index in [1.165, 1.54) is 0 Å². The van der Waals surface area contributed by atoms with Crippen LogP contribution in [0.15, 0.2) is 0 Å². The molecule has 0 atom stereocenters. The van der Waals surface area contributed by atoms with Crippen molar-refractivity contribution >= 4 is 51.2 Å². The standard InChI is InChI=1S/4C4H8O3.Pb/c4*1-2-7-3-4(5)6;/h4*2-3H2,1H3,(H,5,6);/q;;;;+4/p-4. The van der Waals surface area contributed by atoms with E-state index in [0.717, 1.165) is 0 Å². The number of aliphatic carboxylic acids is 4. The van der Waals surface area contributed by atoms with Gasteiger partial charge in [-0.2, -0.15) is 0 Å². The predicted octanol–water partition coefficient (Wildman–Crippen LogP) is -5.29. The fourth-order valence-electron chi connectivity index (χ4n) is 0.742. The van der Waals surface area contributed by atoms with Crippen molar-refractivity contribution in [2.45, 2.75) is 27.7 Å². The molecule has 0 spiro atoms. The molecular weight excluding hydrogens is 591 g/mol. The molecule has 0 heterocycles. The maximum atomic E-state index is 9.52. The van der Waals surface area contributed by atoms with Gasteiger partial charge in [0.25, 0.3) is 0 Å². The molecule has 0 aromatic heterocycles. The second kappa shape index (κ2) is 34.2. The number of carboxylic acid groups (broad SMARTS) is 4. The van der Waals surface area contributed by atoms with Crippen molar-refractivity contribution in [1.82, 2.24) is 0 Å². The molecule has 0 rings (SSSR count). The van der Waals surface area contributed by atoms with Crippen LogP contribution in [0.2, 0.25) is 0 Å². The molecule has 0 unspecified atom stereocenters. The molecule has 0 aromatic carbocycles. The van der Waals surface area contributed by atoms with E-state index in [0.29, 0.717) is 26.4 Å². The molecule has 0 bridgehead atoms. The molecule has 0 aliphatic rings. The number of ether oxygens (including phenoxy) is 4. The van der Waals surface area contributed by atoms with Crippen LogP contribution in [0, 0.1) is 0 Å². The first kappa shape index (κ1) is 38.3. The minimum Gasteiger partial charge on any atom is -0.548 e. The first-order valence-corrected chi connectivity index (χ1v) is 8.19. The molecule has 0 aliphatic heterocycles. The number of hydrogen-bond acceptors (Lipinski definition) is 12. The van der Waals surface area contributed by atoms with Crippen LogP contribution in [0.25, 0.3) is 0 Å². The Morgan fingerprint density at radius 2 is 0.621 bits per heavy atom. The van der Waals surface area contributed by atoms with Gasteiger partial charge in [-0.25, -0.2) is 0 Å². The molecule has 0 aliphatic carbocycles. The maximum absolute atomic E-state index is 9.52. The van der Waals surface area contributed by atoms with Crippen molar-refractivity contribution in [3.8, 4) is 0 Å². The monoisotopic (exact) mass is 620 g/mol. The fraction of sp³-hybridized carbons (Fsp3) is 0.750. The SMILES string of the molecule is CCOCC(=O)[O-].CCOCC(=O)[O-].CCOCC(=O)[O-].CCOCC(=O)[O-].[Pb+4]. The van der Waals surface area contributed by atoms with Crippen molar-refractivity contribution in [2.75, 3.05) is 52.9 Å². The van der Waals surface area contributed by atoms with E-state index in [9.17, 15) is 39.6 Å². The largest absolute Gasteiger partial charge is 4.00 e. The third-order valence-electron chi connectivity index (χ3n) is 1.70. The van der Waals surface area contributed by atoms with Crippen LogP contribution in [-0.2, 0) is 38.1 Å². The van der Waals surface area contributed by atoms with Crippen LogP contribution in [0.1, 0.15) is 27.7 Å². The number of carboxylic acids is 4. The summed E-state index contributed by atoms with van der Waals surface area (Å²) in [5.74, 6) is -4.66. The van der Waals surface area contributed by atoms with Crippen molar-refractivity contribution in [1.29, 1.82) is 0 Å². The van der Waals surface area contributed by atoms with E-state index in [1.54, 1.807) is 27.7 Å². The molecule has 168 valence electrons. The van der Waals surface area contributed by atoms with Gasteiger partial charge in [0.2, 0.25) is 0 Å². The van der Waals surface area contributed by atoms with Gasteiger partial charge in [-0.1, -0.05) is 0 Å². The molecule has 0 aromatic rings. The summed E-state index contributed by atoms with van der Waals surface area (Å²) in [6, 6.07) is 0. The minimum atomic E-state index is -1.16. The smallest absolute Gasteiger partial charge is 0.548 e. The quantitative estimate of drug-likeness (QED) is 0.188. The van der Waals surface area contributed by atoms with E-state index in [-0.39, 0.29) is 53.7 Å². The van der Waals surface area contributed by atoms with Gasteiger partial charge in [0.15, 0.2) is 0 Å². The van der Waals surface area contributed by atoms with Crippen LogP contribution in [0.5, 0.6) is 0 Å². The summed E-state index contributed by atoms with van der Waals surface area (Å²) in [4.78, 5) is 38.1. The molecule has 0 N–H and O–H groups in total. The summed E-state index contributed by atoms with van der Waals surface area (Å²) >= 11 is 0. The normalized spacial score (nSPS) is 8.41. The maximum Gasteiger partial charge on any atom is 4.00 e. The van der Waals surface area contributed by atoms with Gasteiger partial charge < -0.3 is 58.6 Å². The van der Waals surface area contributed by atoms with Gasteiger partial charge in [0.05, 0.1) is 50.3 Å². The summed E-state index contributed by atoms with van der Waals surface area (Å²) in [6.07, 6.45) is 0. The third kappa shape index (κ3) is 75.5.